The molecular formula is C13H23N3OS. The highest BCUT2D eigenvalue weighted by Crippen LogP contribution is 2.26. The number of carbonyl (C=O) groups is 1. The van der Waals surface area contributed by atoms with E-state index in [1.54, 1.807) is 11.8 Å². The lowest BCUT2D eigenvalue weighted by atomic mass is 9.92. The lowest BCUT2D eigenvalue weighted by Crippen LogP contribution is -2.37. The van der Waals surface area contributed by atoms with Gasteiger partial charge in [0.05, 0.1) is 17.8 Å². The highest BCUT2D eigenvalue weighted by molar-refractivity contribution is 8.14. The van der Waals surface area contributed by atoms with Gasteiger partial charge in [-0.3, -0.25) is 9.79 Å². The van der Waals surface area contributed by atoms with Gasteiger partial charge in [0.2, 0.25) is 5.91 Å². The van der Waals surface area contributed by atoms with Crippen molar-refractivity contribution >= 4 is 22.8 Å². The summed E-state index contributed by atoms with van der Waals surface area (Å²) < 4.78 is 0. The Hall–Kier alpha value is -0.710. The van der Waals surface area contributed by atoms with Crippen molar-refractivity contribution in [1.29, 1.82) is 0 Å². The number of hydrogen-bond acceptors (Lipinski definition) is 4. The molecule has 5 heteroatoms. The summed E-state index contributed by atoms with van der Waals surface area (Å²) in [4.78, 5) is 18.5. The van der Waals surface area contributed by atoms with E-state index in [1.165, 1.54) is 25.7 Å². The summed E-state index contributed by atoms with van der Waals surface area (Å²) in [6.45, 7) is 5.63. The number of rotatable bonds is 4. The van der Waals surface area contributed by atoms with E-state index in [0.29, 0.717) is 17.8 Å². The van der Waals surface area contributed by atoms with E-state index in [1.807, 2.05) is 18.7 Å². The monoisotopic (exact) mass is 269 g/mol. The number of aliphatic imine (C=N–C) groups is 1. The zero-order chi connectivity index (χ0) is 13.0. The van der Waals surface area contributed by atoms with Crippen molar-refractivity contribution in [1.82, 2.24) is 10.2 Å². The first-order valence-corrected chi connectivity index (χ1v) is 7.98. The quantitative estimate of drug-likeness (QED) is 0.847. The average molecular weight is 269 g/mol. The van der Waals surface area contributed by atoms with Gasteiger partial charge in [0.25, 0.3) is 0 Å². The summed E-state index contributed by atoms with van der Waals surface area (Å²) in [6, 6.07) is 0.995. The molecule has 1 saturated carbocycles. The van der Waals surface area contributed by atoms with Crippen LogP contribution in [0.1, 0.15) is 39.5 Å². The van der Waals surface area contributed by atoms with E-state index in [-0.39, 0.29) is 5.91 Å². The van der Waals surface area contributed by atoms with Crippen LogP contribution in [0.3, 0.4) is 0 Å². The SMILES string of the molecule is CCN(CC)C(=O)CSC1=N[C@H]2CCCC[C@@H]2N1. The van der Waals surface area contributed by atoms with Crippen LogP contribution >= 0.6 is 11.8 Å². The van der Waals surface area contributed by atoms with E-state index < -0.39 is 0 Å². The van der Waals surface area contributed by atoms with Crippen molar-refractivity contribution in [2.75, 3.05) is 18.8 Å². The van der Waals surface area contributed by atoms with Crippen LogP contribution in [-0.2, 0) is 4.79 Å². The molecule has 0 spiro atoms. The van der Waals surface area contributed by atoms with E-state index >= 15 is 0 Å². The molecule has 102 valence electrons. The van der Waals surface area contributed by atoms with Crippen molar-refractivity contribution in [3.63, 3.8) is 0 Å². The molecule has 18 heavy (non-hydrogen) atoms. The Bertz CT molecular complexity index is 328. The summed E-state index contributed by atoms with van der Waals surface area (Å²) in [5.74, 6) is 0.719. The summed E-state index contributed by atoms with van der Waals surface area (Å²) in [5.41, 5.74) is 0. The number of nitrogens with zero attached hydrogens (tertiary/aromatic N) is 2. The van der Waals surface area contributed by atoms with Crippen LogP contribution < -0.4 is 5.32 Å². The Balaban J connectivity index is 1.79. The molecule has 0 aromatic heterocycles. The first kappa shape index (κ1) is 13.7. The van der Waals surface area contributed by atoms with Gasteiger partial charge in [-0.1, -0.05) is 24.6 Å². The second kappa shape index (κ2) is 6.45. The minimum atomic E-state index is 0.212. The molecule has 0 bridgehead atoms. The fourth-order valence-corrected chi connectivity index (χ4v) is 3.54. The van der Waals surface area contributed by atoms with E-state index in [2.05, 4.69) is 5.32 Å². The van der Waals surface area contributed by atoms with E-state index in [9.17, 15) is 4.79 Å². The minimum absolute atomic E-state index is 0.212. The largest absolute Gasteiger partial charge is 0.360 e. The van der Waals surface area contributed by atoms with Crippen LogP contribution in [0.4, 0.5) is 0 Å². The van der Waals surface area contributed by atoms with Crippen LogP contribution in [0.5, 0.6) is 0 Å². The number of carbonyl (C=O) groups excluding carboxylic acids is 1. The fraction of sp³-hybridized carbons (Fsp3) is 0.846. The maximum absolute atomic E-state index is 11.9. The molecule has 1 aliphatic heterocycles. The van der Waals surface area contributed by atoms with Crippen molar-refractivity contribution in [2.24, 2.45) is 4.99 Å². The van der Waals surface area contributed by atoms with Gasteiger partial charge in [0.15, 0.2) is 5.17 Å². The number of nitrogens with one attached hydrogen (secondary N) is 1. The lowest BCUT2D eigenvalue weighted by molar-refractivity contribution is -0.127. The zero-order valence-electron chi connectivity index (χ0n) is 11.3. The summed E-state index contributed by atoms with van der Waals surface area (Å²) in [6.07, 6.45) is 5.02. The standard InChI is InChI=1S/C13H23N3OS/c1-3-16(4-2)12(17)9-18-13-14-10-7-5-6-8-11(10)15-13/h10-11H,3-9H2,1-2H3,(H,14,15)/t10-,11-/m0/s1. The molecule has 0 saturated heterocycles. The van der Waals surface area contributed by atoms with Crippen molar-refractivity contribution < 1.29 is 4.79 Å². The second-order valence-corrected chi connectivity index (χ2v) is 5.86. The Labute approximate surface area is 114 Å². The molecule has 1 amide bonds. The molecule has 1 N–H and O–H groups in total. The van der Waals surface area contributed by atoms with Gasteiger partial charge >= 0.3 is 0 Å². The summed E-state index contributed by atoms with van der Waals surface area (Å²) >= 11 is 1.56. The van der Waals surface area contributed by atoms with Gasteiger partial charge in [-0.25, -0.2) is 0 Å². The van der Waals surface area contributed by atoms with Crippen molar-refractivity contribution in [2.45, 2.75) is 51.6 Å². The molecule has 0 aromatic rings. The van der Waals surface area contributed by atoms with Gasteiger partial charge in [0, 0.05) is 13.1 Å². The van der Waals surface area contributed by atoms with Crippen LogP contribution in [0.2, 0.25) is 0 Å². The molecule has 4 nitrogen and oxygen atoms in total. The number of amides is 1. The van der Waals surface area contributed by atoms with Gasteiger partial charge in [0.1, 0.15) is 0 Å². The number of hydrogen-bond donors (Lipinski definition) is 1. The molecular weight excluding hydrogens is 246 g/mol. The first-order valence-electron chi connectivity index (χ1n) is 6.99. The predicted octanol–water partition coefficient (Wildman–Crippen LogP) is 1.86. The summed E-state index contributed by atoms with van der Waals surface area (Å²) in [7, 11) is 0. The number of thioether (sulfide) groups is 1. The fourth-order valence-electron chi connectivity index (χ4n) is 2.66. The van der Waals surface area contributed by atoms with Gasteiger partial charge in [-0.15, -0.1) is 0 Å². The van der Waals surface area contributed by atoms with Crippen molar-refractivity contribution in [3.05, 3.63) is 0 Å². The molecule has 1 heterocycles. The predicted molar refractivity (Wildman–Crippen MR) is 77.0 cm³/mol. The Kier molecular flexibility index (Phi) is 4.92. The Morgan fingerprint density at radius 2 is 2.11 bits per heavy atom. The highest BCUT2D eigenvalue weighted by atomic mass is 32.2. The Morgan fingerprint density at radius 3 is 2.78 bits per heavy atom. The van der Waals surface area contributed by atoms with Gasteiger partial charge in [-0.2, -0.15) is 0 Å². The first-order chi connectivity index (χ1) is 8.74. The summed E-state index contributed by atoms with van der Waals surface area (Å²) in [5, 5.41) is 4.44. The molecule has 2 rings (SSSR count). The third-order valence-electron chi connectivity index (χ3n) is 3.77. The molecule has 2 aliphatic rings. The third-order valence-corrected chi connectivity index (χ3v) is 4.66. The topological polar surface area (TPSA) is 44.7 Å². The van der Waals surface area contributed by atoms with Crippen molar-refractivity contribution in [3.8, 4) is 0 Å². The van der Waals surface area contributed by atoms with Crippen LogP contribution in [0, 0.1) is 0 Å². The van der Waals surface area contributed by atoms with Crippen LogP contribution in [0.15, 0.2) is 4.99 Å². The Morgan fingerprint density at radius 1 is 1.39 bits per heavy atom. The maximum Gasteiger partial charge on any atom is 0.233 e. The molecule has 2 atom stereocenters. The van der Waals surface area contributed by atoms with Crippen LogP contribution in [-0.4, -0.2) is 46.9 Å². The third kappa shape index (κ3) is 3.19. The number of amidine groups is 1. The number of fused-ring (bicyclic) bond motifs is 1. The molecule has 1 fully saturated rings. The van der Waals surface area contributed by atoms with Gasteiger partial charge in [-0.05, 0) is 26.7 Å². The van der Waals surface area contributed by atoms with E-state index in [0.717, 1.165) is 18.3 Å². The lowest BCUT2D eigenvalue weighted by Gasteiger charge is -2.23. The maximum atomic E-state index is 11.9. The minimum Gasteiger partial charge on any atom is -0.360 e. The van der Waals surface area contributed by atoms with E-state index in [4.69, 9.17) is 4.99 Å². The molecule has 0 unspecified atom stereocenters. The average Bonchev–Trinajstić information content (AvgIpc) is 2.80. The molecule has 1 aliphatic carbocycles. The van der Waals surface area contributed by atoms with Crippen LogP contribution in [0.25, 0.3) is 0 Å². The molecule has 0 radical (unpaired) electrons. The smallest absolute Gasteiger partial charge is 0.233 e. The van der Waals surface area contributed by atoms with Gasteiger partial charge < -0.3 is 10.2 Å². The highest BCUT2D eigenvalue weighted by Gasteiger charge is 2.31. The second-order valence-electron chi connectivity index (χ2n) is 4.89. The zero-order valence-corrected chi connectivity index (χ0v) is 12.1. The normalized spacial score (nSPS) is 26.2. The molecule has 0 aromatic carbocycles.